The van der Waals surface area contributed by atoms with Gasteiger partial charge in [0.05, 0.1) is 10.9 Å². The molecule has 3 heteroatoms. The average molecular weight is 262 g/mol. The number of benzene rings is 2. The first-order chi connectivity index (χ1) is 9.75. The zero-order valence-corrected chi connectivity index (χ0v) is 11.2. The Kier molecular flexibility index (Phi) is 3.17. The van der Waals surface area contributed by atoms with Crippen molar-refractivity contribution < 1.29 is 0 Å². The maximum Gasteiger partial charge on any atom is 0.261 e. The summed E-state index contributed by atoms with van der Waals surface area (Å²) in [4.78, 5) is 16.8. The Bertz CT molecular complexity index is 832. The molecule has 3 rings (SSSR count). The van der Waals surface area contributed by atoms with E-state index in [1.54, 1.807) is 17.7 Å². The molecule has 0 aliphatic carbocycles. The molecule has 0 aliphatic rings. The Labute approximate surface area is 116 Å². The quantitative estimate of drug-likeness (QED) is 0.711. The molecule has 0 atom stereocenters. The van der Waals surface area contributed by atoms with Gasteiger partial charge in [-0.15, -0.1) is 0 Å². The van der Waals surface area contributed by atoms with E-state index in [2.05, 4.69) is 4.98 Å². The van der Waals surface area contributed by atoms with Crippen LogP contribution in [0.15, 0.2) is 59.4 Å². The van der Waals surface area contributed by atoms with Crippen molar-refractivity contribution >= 4 is 23.1 Å². The first kappa shape index (κ1) is 12.4. The minimum atomic E-state index is -0.0247. The van der Waals surface area contributed by atoms with Crippen LogP contribution in [-0.2, 0) is 7.05 Å². The predicted octanol–water partition coefficient (Wildman–Crippen LogP) is 3.10. The summed E-state index contributed by atoms with van der Waals surface area (Å²) in [5, 5.41) is 0.645. The molecule has 1 aromatic heterocycles. The molecule has 0 radical (unpaired) electrons. The fourth-order valence-electron chi connectivity index (χ4n) is 2.12. The van der Waals surface area contributed by atoms with E-state index >= 15 is 0 Å². The van der Waals surface area contributed by atoms with Crippen LogP contribution in [0.25, 0.3) is 23.1 Å². The minimum absolute atomic E-state index is 0.0247. The van der Waals surface area contributed by atoms with Crippen molar-refractivity contribution in [3.05, 3.63) is 76.3 Å². The monoisotopic (exact) mass is 262 g/mol. The number of rotatable bonds is 2. The summed E-state index contributed by atoms with van der Waals surface area (Å²) < 4.78 is 1.57. The summed E-state index contributed by atoms with van der Waals surface area (Å²) in [6.07, 6.45) is 3.82. The molecule has 20 heavy (non-hydrogen) atoms. The molecule has 0 bridgehead atoms. The van der Waals surface area contributed by atoms with Crippen molar-refractivity contribution in [2.75, 3.05) is 0 Å². The van der Waals surface area contributed by atoms with Crippen molar-refractivity contribution in [3.8, 4) is 0 Å². The smallest absolute Gasteiger partial charge is 0.261 e. The molecule has 2 aromatic carbocycles. The first-order valence-electron chi connectivity index (χ1n) is 6.44. The predicted molar refractivity (Wildman–Crippen MR) is 82.4 cm³/mol. The molecular formula is C17H14N2O. The van der Waals surface area contributed by atoms with Gasteiger partial charge in [-0.2, -0.15) is 0 Å². The number of para-hydroxylation sites is 1. The van der Waals surface area contributed by atoms with Crippen molar-refractivity contribution in [1.29, 1.82) is 0 Å². The number of nitrogens with zero attached hydrogens (tertiary/aromatic N) is 2. The van der Waals surface area contributed by atoms with Crippen LogP contribution in [0.3, 0.4) is 0 Å². The normalized spacial score (nSPS) is 11.2. The highest BCUT2D eigenvalue weighted by atomic mass is 16.1. The van der Waals surface area contributed by atoms with Crippen LogP contribution in [0, 0.1) is 0 Å². The zero-order chi connectivity index (χ0) is 13.9. The van der Waals surface area contributed by atoms with Crippen LogP contribution in [0.2, 0.25) is 0 Å². The fourth-order valence-corrected chi connectivity index (χ4v) is 2.12. The first-order valence-corrected chi connectivity index (χ1v) is 6.44. The van der Waals surface area contributed by atoms with Gasteiger partial charge in [0.15, 0.2) is 0 Å². The summed E-state index contributed by atoms with van der Waals surface area (Å²) >= 11 is 0. The van der Waals surface area contributed by atoms with E-state index in [9.17, 15) is 4.79 Å². The standard InChI is InChI=1S/C17H14N2O/c1-19-16(12-11-13-7-3-2-4-8-13)18-15-10-6-5-9-14(15)17(19)20/h2-12H,1H3. The fraction of sp³-hybridized carbons (Fsp3) is 0.0588. The lowest BCUT2D eigenvalue weighted by Gasteiger charge is -2.05. The summed E-state index contributed by atoms with van der Waals surface area (Å²) in [5.74, 6) is 0.651. The molecule has 0 saturated carbocycles. The second-order valence-corrected chi connectivity index (χ2v) is 4.60. The molecule has 0 spiro atoms. The van der Waals surface area contributed by atoms with Crippen LogP contribution in [0.4, 0.5) is 0 Å². The Morgan fingerprint density at radius 1 is 0.950 bits per heavy atom. The van der Waals surface area contributed by atoms with Crippen molar-refractivity contribution in [1.82, 2.24) is 9.55 Å². The molecule has 0 saturated heterocycles. The molecular weight excluding hydrogens is 248 g/mol. The van der Waals surface area contributed by atoms with Gasteiger partial charge >= 0.3 is 0 Å². The van der Waals surface area contributed by atoms with Gasteiger partial charge in [0.2, 0.25) is 0 Å². The lowest BCUT2D eigenvalue weighted by Crippen LogP contribution is -2.20. The number of hydrogen-bond acceptors (Lipinski definition) is 2. The van der Waals surface area contributed by atoms with Gasteiger partial charge in [-0.05, 0) is 23.8 Å². The van der Waals surface area contributed by atoms with Crippen molar-refractivity contribution in [3.63, 3.8) is 0 Å². The highest BCUT2D eigenvalue weighted by Gasteiger charge is 2.04. The second-order valence-electron chi connectivity index (χ2n) is 4.60. The minimum Gasteiger partial charge on any atom is -0.296 e. The van der Waals surface area contributed by atoms with Crippen LogP contribution in [0.5, 0.6) is 0 Å². The van der Waals surface area contributed by atoms with Crippen molar-refractivity contribution in [2.24, 2.45) is 7.05 Å². The summed E-state index contributed by atoms with van der Waals surface area (Å²) in [5.41, 5.74) is 1.78. The van der Waals surface area contributed by atoms with Gasteiger partial charge in [0, 0.05) is 7.05 Å². The number of aromatic nitrogens is 2. The maximum atomic E-state index is 12.2. The van der Waals surface area contributed by atoms with Gasteiger partial charge in [0.25, 0.3) is 5.56 Å². The molecule has 0 N–H and O–H groups in total. The third-order valence-electron chi connectivity index (χ3n) is 3.24. The average Bonchev–Trinajstić information content (AvgIpc) is 2.50. The Morgan fingerprint density at radius 2 is 1.65 bits per heavy atom. The summed E-state index contributed by atoms with van der Waals surface area (Å²) in [6.45, 7) is 0. The molecule has 3 nitrogen and oxygen atoms in total. The Morgan fingerprint density at radius 3 is 2.45 bits per heavy atom. The van der Waals surface area contributed by atoms with Gasteiger partial charge < -0.3 is 0 Å². The molecule has 0 aliphatic heterocycles. The number of hydrogen-bond donors (Lipinski definition) is 0. The van der Waals surface area contributed by atoms with E-state index < -0.39 is 0 Å². The second kappa shape index (κ2) is 5.13. The molecule has 0 amide bonds. The van der Waals surface area contributed by atoms with Crippen LogP contribution < -0.4 is 5.56 Å². The van der Waals surface area contributed by atoms with Gasteiger partial charge in [-0.25, -0.2) is 4.98 Å². The summed E-state index contributed by atoms with van der Waals surface area (Å²) in [6, 6.07) is 17.3. The maximum absolute atomic E-state index is 12.2. The Hall–Kier alpha value is -2.68. The molecule has 98 valence electrons. The lowest BCUT2D eigenvalue weighted by molar-refractivity contribution is 0.828. The van der Waals surface area contributed by atoms with Crippen LogP contribution in [-0.4, -0.2) is 9.55 Å². The third kappa shape index (κ3) is 2.26. The van der Waals surface area contributed by atoms with E-state index in [0.717, 1.165) is 11.1 Å². The lowest BCUT2D eigenvalue weighted by atomic mass is 10.2. The van der Waals surface area contributed by atoms with Gasteiger partial charge in [0.1, 0.15) is 5.82 Å². The van der Waals surface area contributed by atoms with Crippen LogP contribution >= 0.6 is 0 Å². The number of fused-ring (bicyclic) bond motifs is 1. The molecule has 3 aromatic rings. The summed E-state index contributed by atoms with van der Waals surface area (Å²) in [7, 11) is 1.74. The largest absolute Gasteiger partial charge is 0.296 e. The zero-order valence-electron chi connectivity index (χ0n) is 11.2. The van der Waals surface area contributed by atoms with E-state index in [4.69, 9.17) is 0 Å². The molecule has 0 unspecified atom stereocenters. The SMILES string of the molecule is Cn1c(C=Cc2ccccc2)nc2ccccc2c1=O. The van der Waals surface area contributed by atoms with E-state index in [-0.39, 0.29) is 5.56 Å². The van der Waals surface area contributed by atoms with E-state index in [0.29, 0.717) is 11.2 Å². The van der Waals surface area contributed by atoms with E-state index in [1.807, 2.05) is 60.7 Å². The van der Waals surface area contributed by atoms with Crippen LogP contribution in [0.1, 0.15) is 11.4 Å². The molecule has 1 heterocycles. The van der Waals surface area contributed by atoms with Gasteiger partial charge in [-0.1, -0.05) is 48.5 Å². The van der Waals surface area contributed by atoms with Crippen molar-refractivity contribution in [2.45, 2.75) is 0 Å². The third-order valence-corrected chi connectivity index (χ3v) is 3.24. The molecule has 0 fully saturated rings. The highest BCUT2D eigenvalue weighted by Crippen LogP contribution is 2.10. The Balaban J connectivity index is 2.11. The van der Waals surface area contributed by atoms with Gasteiger partial charge in [-0.3, -0.25) is 9.36 Å². The highest BCUT2D eigenvalue weighted by molar-refractivity contribution is 5.79. The topological polar surface area (TPSA) is 34.9 Å². The van der Waals surface area contributed by atoms with E-state index in [1.165, 1.54) is 0 Å².